The molecule has 0 fully saturated rings. The van der Waals surface area contributed by atoms with E-state index >= 15 is 0 Å². The lowest BCUT2D eigenvalue weighted by atomic mass is 9.69. The van der Waals surface area contributed by atoms with Crippen molar-refractivity contribution in [2.24, 2.45) is 12.5 Å². The Bertz CT molecular complexity index is 1610. The second kappa shape index (κ2) is 11.1. The van der Waals surface area contributed by atoms with E-state index in [1.165, 1.54) is 18.2 Å². The number of carbonyl (C=O) groups excluding carboxylic acids is 1. The molecule has 0 amide bonds. The highest BCUT2D eigenvalue weighted by molar-refractivity contribution is 5.82. The quantitative estimate of drug-likeness (QED) is 0.228. The van der Waals surface area contributed by atoms with Crippen molar-refractivity contribution in [3.63, 3.8) is 0 Å². The van der Waals surface area contributed by atoms with Crippen LogP contribution in [0.2, 0.25) is 0 Å². The van der Waals surface area contributed by atoms with Gasteiger partial charge in [0.1, 0.15) is 12.4 Å². The summed E-state index contributed by atoms with van der Waals surface area (Å²) in [7, 11) is 5.26. The standard InChI is InChI=1S/C33H41N5O3/c1-20-8-9-22(30(33(3,4)32(39)40-7)26-10-11-27(35-5)31(34)21(26)2)14-24(20)18-38-12-13-41-29-16-28-23(15-25(29)19-38)17-36-37(28)6/h8-11,14-17,30,35H,12-13,18-19,34H2,1-7H3. The van der Waals surface area contributed by atoms with Crippen LogP contribution in [0.4, 0.5) is 11.4 Å². The van der Waals surface area contributed by atoms with Gasteiger partial charge in [-0.05, 0) is 67.6 Å². The molecule has 8 nitrogen and oxygen atoms in total. The molecule has 0 aliphatic carbocycles. The first-order chi connectivity index (χ1) is 19.5. The summed E-state index contributed by atoms with van der Waals surface area (Å²) in [5.41, 5.74) is 15.0. The summed E-state index contributed by atoms with van der Waals surface area (Å²) < 4.78 is 13.4. The van der Waals surface area contributed by atoms with Gasteiger partial charge in [0.15, 0.2) is 0 Å². The molecule has 3 aromatic carbocycles. The molecule has 0 saturated carbocycles. The summed E-state index contributed by atoms with van der Waals surface area (Å²) in [5.74, 6) is 0.407. The monoisotopic (exact) mass is 555 g/mol. The first-order valence-corrected chi connectivity index (χ1v) is 14.1. The molecule has 1 atom stereocenters. The third kappa shape index (κ3) is 5.24. The molecular formula is C33H41N5O3. The number of esters is 1. The van der Waals surface area contributed by atoms with Crippen molar-refractivity contribution in [1.29, 1.82) is 0 Å². The molecule has 2 heterocycles. The summed E-state index contributed by atoms with van der Waals surface area (Å²) in [4.78, 5) is 15.6. The summed E-state index contributed by atoms with van der Waals surface area (Å²) in [5, 5.41) is 8.68. The number of methoxy groups -OCH3 is 1. The minimum absolute atomic E-state index is 0.255. The number of rotatable bonds is 7. The molecule has 1 aliphatic heterocycles. The zero-order valence-corrected chi connectivity index (χ0v) is 25.2. The fourth-order valence-electron chi connectivity index (χ4n) is 6.15. The van der Waals surface area contributed by atoms with E-state index < -0.39 is 5.41 Å². The lowest BCUT2D eigenvalue weighted by Gasteiger charge is -2.34. The maximum Gasteiger partial charge on any atom is 0.312 e. The molecule has 216 valence electrons. The maximum absolute atomic E-state index is 13.2. The molecule has 1 aromatic heterocycles. The largest absolute Gasteiger partial charge is 0.492 e. The van der Waals surface area contributed by atoms with Gasteiger partial charge in [0.25, 0.3) is 0 Å². The van der Waals surface area contributed by atoms with E-state index in [-0.39, 0.29) is 11.9 Å². The van der Waals surface area contributed by atoms with Crippen LogP contribution in [0.3, 0.4) is 0 Å². The van der Waals surface area contributed by atoms with Crippen molar-refractivity contribution in [1.82, 2.24) is 14.7 Å². The fraction of sp³-hybridized carbons (Fsp3) is 0.394. The molecule has 5 rings (SSSR count). The third-order valence-corrected chi connectivity index (χ3v) is 8.66. The Morgan fingerprint density at radius 3 is 2.71 bits per heavy atom. The van der Waals surface area contributed by atoms with Gasteiger partial charge in [-0.1, -0.05) is 24.3 Å². The van der Waals surface area contributed by atoms with Crippen molar-refractivity contribution >= 4 is 28.2 Å². The Hall–Kier alpha value is -4.04. The first kappa shape index (κ1) is 28.5. The first-order valence-electron chi connectivity index (χ1n) is 14.1. The second-order valence-electron chi connectivity index (χ2n) is 11.7. The Balaban J connectivity index is 1.52. The van der Waals surface area contributed by atoms with Gasteiger partial charge >= 0.3 is 5.97 Å². The second-order valence-corrected chi connectivity index (χ2v) is 11.7. The van der Waals surface area contributed by atoms with Gasteiger partial charge < -0.3 is 20.5 Å². The smallest absolute Gasteiger partial charge is 0.312 e. The number of nitrogen functional groups attached to an aromatic ring is 1. The van der Waals surface area contributed by atoms with Crippen molar-refractivity contribution in [3.05, 3.63) is 82.0 Å². The van der Waals surface area contributed by atoms with Gasteiger partial charge in [-0.15, -0.1) is 0 Å². The maximum atomic E-state index is 13.2. The molecule has 0 radical (unpaired) electrons. The highest BCUT2D eigenvalue weighted by Crippen LogP contribution is 2.45. The summed E-state index contributed by atoms with van der Waals surface area (Å²) in [6.45, 7) is 11.0. The average molecular weight is 556 g/mol. The molecule has 0 spiro atoms. The molecule has 0 saturated heterocycles. The zero-order chi connectivity index (χ0) is 29.5. The number of ether oxygens (including phenoxy) is 2. The number of benzene rings is 3. The highest BCUT2D eigenvalue weighted by atomic mass is 16.5. The van der Waals surface area contributed by atoms with E-state index in [1.807, 2.05) is 51.8 Å². The number of nitrogens with two attached hydrogens (primary N) is 1. The summed E-state index contributed by atoms with van der Waals surface area (Å²) in [6.07, 6.45) is 1.90. The molecule has 3 N–H and O–H groups in total. The number of carbonyl (C=O) groups is 1. The van der Waals surface area contributed by atoms with Gasteiger partial charge in [0.05, 0.1) is 35.6 Å². The number of fused-ring (bicyclic) bond motifs is 2. The van der Waals surface area contributed by atoms with Crippen LogP contribution in [-0.2, 0) is 29.7 Å². The van der Waals surface area contributed by atoms with E-state index in [2.05, 4.69) is 58.6 Å². The normalized spacial score (nSPS) is 14.7. The van der Waals surface area contributed by atoms with Crippen molar-refractivity contribution < 1.29 is 14.3 Å². The highest BCUT2D eigenvalue weighted by Gasteiger charge is 2.41. The predicted molar refractivity (Wildman–Crippen MR) is 164 cm³/mol. The number of nitrogens with zero attached hydrogens (tertiary/aromatic N) is 3. The number of aryl methyl sites for hydroxylation is 2. The molecule has 41 heavy (non-hydrogen) atoms. The van der Waals surface area contributed by atoms with Crippen LogP contribution in [0.25, 0.3) is 10.9 Å². The lowest BCUT2D eigenvalue weighted by Crippen LogP contribution is -2.34. The number of nitrogens with one attached hydrogen (secondary N) is 1. The van der Waals surface area contributed by atoms with Crippen LogP contribution >= 0.6 is 0 Å². The topological polar surface area (TPSA) is 94.6 Å². The van der Waals surface area contributed by atoms with Gasteiger partial charge in [-0.2, -0.15) is 5.10 Å². The van der Waals surface area contributed by atoms with E-state index in [9.17, 15) is 4.79 Å². The van der Waals surface area contributed by atoms with E-state index in [0.717, 1.165) is 64.2 Å². The zero-order valence-electron chi connectivity index (χ0n) is 25.2. The Morgan fingerprint density at radius 2 is 1.98 bits per heavy atom. The molecule has 4 aromatic rings. The van der Waals surface area contributed by atoms with Gasteiger partial charge in [0, 0.05) is 56.7 Å². The van der Waals surface area contributed by atoms with Gasteiger partial charge in [0.2, 0.25) is 0 Å². The van der Waals surface area contributed by atoms with Crippen LogP contribution in [0, 0.1) is 19.3 Å². The molecule has 8 heteroatoms. The minimum Gasteiger partial charge on any atom is -0.492 e. The lowest BCUT2D eigenvalue weighted by molar-refractivity contribution is -0.151. The van der Waals surface area contributed by atoms with Crippen LogP contribution in [0.1, 0.15) is 53.1 Å². The Labute approximate surface area is 242 Å². The summed E-state index contributed by atoms with van der Waals surface area (Å²) in [6, 6.07) is 14.9. The van der Waals surface area contributed by atoms with Gasteiger partial charge in [-0.25, -0.2) is 0 Å². The Morgan fingerprint density at radius 1 is 1.20 bits per heavy atom. The van der Waals surface area contributed by atoms with Crippen LogP contribution < -0.4 is 15.8 Å². The molecule has 0 bridgehead atoms. The van der Waals surface area contributed by atoms with E-state index in [0.29, 0.717) is 12.3 Å². The SMILES string of the molecule is CNc1ccc(C(c2ccc(C)c(CN3CCOc4cc5c(cnn5C)cc4C3)c2)C(C)(C)C(=O)OC)c(C)c1N. The molecule has 1 unspecified atom stereocenters. The van der Waals surface area contributed by atoms with Crippen molar-refractivity contribution in [2.75, 3.05) is 38.4 Å². The van der Waals surface area contributed by atoms with Gasteiger partial charge in [-0.3, -0.25) is 14.4 Å². The van der Waals surface area contributed by atoms with Crippen LogP contribution in [0.5, 0.6) is 5.75 Å². The van der Waals surface area contributed by atoms with Crippen molar-refractivity contribution in [3.8, 4) is 5.75 Å². The molecular weight excluding hydrogens is 514 g/mol. The predicted octanol–water partition coefficient (Wildman–Crippen LogP) is 5.54. The number of hydrogen-bond donors (Lipinski definition) is 2. The average Bonchev–Trinajstić information content (AvgIpc) is 3.18. The molecule has 1 aliphatic rings. The third-order valence-electron chi connectivity index (χ3n) is 8.66. The van der Waals surface area contributed by atoms with E-state index in [1.54, 1.807) is 0 Å². The Kier molecular flexibility index (Phi) is 7.70. The number of anilines is 2. The van der Waals surface area contributed by atoms with E-state index in [4.69, 9.17) is 15.2 Å². The number of hydrogen-bond acceptors (Lipinski definition) is 7. The summed E-state index contributed by atoms with van der Waals surface area (Å²) >= 11 is 0. The van der Waals surface area contributed by atoms with Crippen LogP contribution in [-0.4, -0.2) is 48.0 Å². The van der Waals surface area contributed by atoms with Crippen LogP contribution in [0.15, 0.2) is 48.7 Å². The number of aromatic nitrogens is 2. The minimum atomic E-state index is -0.829. The van der Waals surface area contributed by atoms with Crippen molar-refractivity contribution in [2.45, 2.75) is 46.7 Å². The fourth-order valence-corrected chi connectivity index (χ4v) is 6.15.